The van der Waals surface area contributed by atoms with E-state index in [1.165, 1.54) is 29.9 Å². The minimum absolute atomic E-state index is 0.0116. The van der Waals surface area contributed by atoms with Gasteiger partial charge in [-0.2, -0.15) is 0 Å². The molecule has 0 radical (unpaired) electrons. The standard InChI is InChI=1S/C24H34N3O3P/c1-24(2)16-21-23(22(17-24)26-13-7-4-8-14-26)31(28,30-18-20-12-9-15-29-20)27(25-21)19-10-5-3-6-11-19/h3,5-6,10-11,16,20,25H,4,7-9,12-15,17-18H2,1-2H3/p+1/t20-,31+/m0/s1. The number of benzene rings is 1. The summed E-state index contributed by atoms with van der Waals surface area (Å²) in [5.41, 5.74) is 6.62. The normalized spacial score (nSPS) is 30.8. The summed E-state index contributed by atoms with van der Waals surface area (Å²) in [5.74, 6) is 0. The Bertz CT molecular complexity index is 915. The summed E-state index contributed by atoms with van der Waals surface area (Å²) in [6.07, 6.45) is 8.95. The van der Waals surface area contributed by atoms with E-state index in [1.807, 2.05) is 30.3 Å². The van der Waals surface area contributed by atoms with E-state index in [9.17, 15) is 4.57 Å². The second-order valence-corrected chi connectivity index (χ2v) is 12.1. The third-order valence-corrected chi connectivity index (χ3v) is 9.26. The molecule has 3 saturated heterocycles. The van der Waals surface area contributed by atoms with E-state index in [-0.39, 0.29) is 11.5 Å². The van der Waals surface area contributed by atoms with Crippen molar-refractivity contribution in [2.75, 3.05) is 31.1 Å². The SMILES string of the molecule is CC1(C)C=C2NN(c3ccccc3)[P@](=O)(OC[C@@H]3CCCO3)C2=C([NH+]2CCCCC2)C1. The Morgan fingerprint density at radius 1 is 1.19 bits per heavy atom. The minimum Gasteiger partial charge on any atom is -0.376 e. The molecule has 4 aliphatic rings. The van der Waals surface area contributed by atoms with Gasteiger partial charge in [0.1, 0.15) is 11.0 Å². The van der Waals surface area contributed by atoms with E-state index in [1.54, 1.807) is 4.78 Å². The number of nitrogens with zero attached hydrogens (tertiary/aromatic N) is 1. The number of para-hydroxylation sites is 1. The van der Waals surface area contributed by atoms with E-state index in [0.29, 0.717) is 6.61 Å². The van der Waals surface area contributed by atoms with Gasteiger partial charge >= 0.3 is 7.52 Å². The molecule has 0 aromatic heterocycles. The fourth-order valence-corrected chi connectivity index (χ4v) is 7.83. The van der Waals surface area contributed by atoms with E-state index in [2.05, 4.69) is 25.3 Å². The van der Waals surface area contributed by atoms with Gasteiger partial charge in [-0.05, 0) is 49.7 Å². The molecule has 3 aliphatic heterocycles. The van der Waals surface area contributed by atoms with Crippen molar-refractivity contribution >= 4 is 13.2 Å². The number of piperidine rings is 1. The molecule has 1 aliphatic carbocycles. The molecule has 0 bridgehead atoms. The predicted octanol–water partition coefficient (Wildman–Crippen LogP) is 3.99. The van der Waals surface area contributed by atoms with Crippen molar-refractivity contribution in [1.29, 1.82) is 0 Å². The fourth-order valence-electron chi connectivity index (χ4n) is 5.34. The van der Waals surface area contributed by atoms with Crippen LogP contribution in [0.15, 0.2) is 53.1 Å². The van der Waals surface area contributed by atoms with E-state index >= 15 is 0 Å². The number of allylic oxidation sites excluding steroid dienone is 3. The highest BCUT2D eigenvalue weighted by Gasteiger charge is 2.53. The average molecular weight is 445 g/mol. The number of hydrogen-bond donors (Lipinski definition) is 2. The van der Waals surface area contributed by atoms with Gasteiger partial charge in [0.05, 0.1) is 37.2 Å². The van der Waals surface area contributed by atoms with Gasteiger partial charge in [-0.1, -0.05) is 38.1 Å². The first kappa shape index (κ1) is 21.3. The Morgan fingerprint density at radius 2 is 1.97 bits per heavy atom. The van der Waals surface area contributed by atoms with E-state index in [0.717, 1.165) is 55.7 Å². The number of hydrogen-bond acceptors (Lipinski definition) is 4. The Morgan fingerprint density at radius 3 is 2.68 bits per heavy atom. The topological polar surface area (TPSA) is 55.2 Å². The Hall–Kier alpha value is -1.59. The van der Waals surface area contributed by atoms with Crippen molar-refractivity contribution in [3.05, 3.63) is 53.1 Å². The maximum Gasteiger partial charge on any atom is 0.352 e. The van der Waals surface area contributed by atoms with Crippen molar-refractivity contribution < 1.29 is 18.7 Å². The Kier molecular flexibility index (Phi) is 5.76. The summed E-state index contributed by atoms with van der Waals surface area (Å²) in [4.78, 5) is 1.48. The zero-order chi connectivity index (χ0) is 21.5. The number of fused-ring (bicyclic) bond motifs is 1. The molecule has 3 heterocycles. The first-order valence-electron chi connectivity index (χ1n) is 11.8. The van der Waals surface area contributed by atoms with Crippen molar-refractivity contribution in [3.63, 3.8) is 0 Å². The molecule has 2 atom stereocenters. The van der Waals surface area contributed by atoms with Crippen LogP contribution >= 0.6 is 7.52 Å². The number of quaternary nitrogens is 1. The van der Waals surface area contributed by atoms with Gasteiger partial charge in [-0.3, -0.25) is 9.99 Å². The molecule has 6 nitrogen and oxygen atoms in total. The molecule has 168 valence electrons. The predicted molar refractivity (Wildman–Crippen MR) is 123 cm³/mol. The lowest BCUT2D eigenvalue weighted by Gasteiger charge is -2.34. The monoisotopic (exact) mass is 444 g/mol. The summed E-state index contributed by atoms with van der Waals surface area (Å²) in [6.45, 7) is 7.89. The fraction of sp³-hybridized carbons (Fsp3) is 0.583. The molecule has 1 aromatic rings. The molecule has 5 rings (SSSR count). The molecule has 0 unspecified atom stereocenters. The zero-order valence-electron chi connectivity index (χ0n) is 18.7. The van der Waals surface area contributed by atoms with Gasteiger partial charge in [0.2, 0.25) is 0 Å². The molecule has 3 fully saturated rings. The first-order valence-corrected chi connectivity index (χ1v) is 13.3. The summed E-state index contributed by atoms with van der Waals surface area (Å²) in [7, 11) is -3.33. The van der Waals surface area contributed by atoms with Gasteiger partial charge in [0, 0.05) is 13.0 Å². The van der Waals surface area contributed by atoms with Crippen LogP contribution in [-0.4, -0.2) is 32.4 Å². The van der Waals surface area contributed by atoms with Gasteiger partial charge in [-0.15, -0.1) is 0 Å². The van der Waals surface area contributed by atoms with Crippen LogP contribution in [0.4, 0.5) is 5.69 Å². The highest BCUT2D eigenvalue weighted by molar-refractivity contribution is 7.65. The molecule has 31 heavy (non-hydrogen) atoms. The van der Waals surface area contributed by atoms with Crippen LogP contribution in [0.2, 0.25) is 0 Å². The maximum atomic E-state index is 14.8. The lowest BCUT2D eigenvalue weighted by molar-refractivity contribution is -0.868. The largest absolute Gasteiger partial charge is 0.376 e. The van der Waals surface area contributed by atoms with E-state index < -0.39 is 7.52 Å². The van der Waals surface area contributed by atoms with Crippen molar-refractivity contribution in [3.8, 4) is 0 Å². The summed E-state index contributed by atoms with van der Waals surface area (Å²) >= 11 is 0. The smallest absolute Gasteiger partial charge is 0.352 e. The molecule has 0 saturated carbocycles. The van der Waals surface area contributed by atoms with Crippen molar-refractivity contribution in [2.45, 2.75) is 58.5 Å². The minimum atomic E-state index is -3.33. The number of nitrogens with one attached hydrogen (secondary N) is 2. The number of anilines is 1. The lowest BCUT2D eigenvalue weighted by atomic mass is 9.82. The summed E-state index contributed by atoms with van der Waals surface area (Å²) in [5, 5.41) is 0.908. The van der Waals surface area contributed by atoms with Crippen molar-refractivity contribution in [2.24, 2.45) is 5.41 Å². The molecule has 2 N–H and O–H groups in total. The van der Waals surface area contributed by atoms with Crippen LogP contribution in [0.25, 0.3) is 0 Å². The highest BCUT2D eigenvalue weighted by Crippen LogP contribution is 2.67. The van der Waals surface area contributed by atoms with Crippen LogP contribution in [-0.2, 0) is 13.8 Å². The second-order valence-electron chi connectivity index (χ2n) is 9.93. The second kappa shape index (κ2) is 8.40. The highest BCUT2D eigenvalue weighted by atomic mass is 31.2. The third kappa shape index (κ3) is 4.11. The maximum absolute atomic E-state index is 14.8. The van der Waals surface area contributed by atoms with Gasteiger partial charge in [0.25, 0.3) is 0 Å². The van der Waals surface area contributed by atoms with Gasteiger partial charge in [0.15, 0.2) is 0 Å². The van der Waals surface area contributed by atoms with Crippen molar-refractivity contribution in [1.82, 2.24) is 5.43 Å². The quantitative estimate of drug-likeness (QED) is 0.673. The number of likely N-dealkylation sites (tertiary alicyclic amines) is 1. The number of hydrazine groups is 1. The Labute approximate surface area is 185 Å². The molecular weight excluding hydrogens is 409 g/mol. The average Bonchev–Trinajstić information content (AvgIpc) is 3.39. The molecule has 0 spiro atoms. The molecular formula is C24H35N3O3P+. The van der Waals surface area contributed by atoms with E-state index in [4.69, 9.17) is 9.26 Å². The first-order chi connectivity index (χ1) is 15.0. The van der Waals surface area contributed by atoms with Crippen LogP contribution in [0.5, 0.6) is 0 Å². The number of ether oxygens (including phenoxy) is 1. The Balaban J connectivity index is 1.59. The molecule has 7 heteroatoms. The van der Waals surface area contributed by atoms with Crippen LogP contribution < -0.4 is 15.1 Å². The zero-order valence-corrected chi connectivity index (χ0v) is 19.6. The van der Waals surface area contributed by atoms with Crippen LogP contribution in [0.1, 0.15) is 52.4 Å². The summed E-state index contributed by atoms with van der Waals surface area (Å²) in [6, 6.07) is 9.92. The number of rotatable bonds is 5. The molecule has 1 aromatic carbocycles. The van der Waals surface area contributed by atoms with Gasteiger partial charge < -0.3 is 14.2 Å². The summed E-state index contributed by atoms with van der Waals surface area (Å²) < 4.78 is 28.8. The third-order valence-electron chi connectivity index (χ3n) is 6.82. The van der Waals surface area contributed by atoms with Crippen LogP contribution in [0.3, 0.4) is 0 Å². The van der Waals surface area contributed by atoms with Crippen LogP contribution in [0, 0.1) is 5.41 Å². The lowest BCUT2D eigenvalue weighted by Crippen LogP contribution is -3.11. The molecule has 0 amide bonds. The van der Waals surface area contributed by atoms with Gasteiger partial charge in [-0.25, -0.2) is 4.78 Å².